The second-order valence-electron chi connectivity index (χ2n) is 5.73. The van der Waals surface area contributed by atoms with Gasteiger partial charge in [-0.3, -0.25) is 4.90 Å². The summed E-state index contributed by atoms with van der Waals surface area (Å²) in [6, 6.07) is 0. The molecule has 0 radical (unpaired) electrons. The fraction of sp³-hybridized carbons (Fsp3) is 0.800. The number of rotatable bonds is 7. The maximum absolute atomic E-state index is 4.46. The average molecular weight is 264 g/mol. The van der Waals surface area contributed by atoms with Crippen LogP contribution in [0.2, 0.25) is 0 Å². The first-order valence-corrected chi connectivity index (χ1v) is 7.66. The van der Waals surface area contributed by atoms with Crippen molar-refractivity contribution >= 4 is 0 Å². The molecule has 1 aliphatic heterocycles. The third-order valence-corrected chi connectivity index (χ3v) is 4.63. The first kappa shape index (κ1) is 14.5. The number of nitrogens with zero attached hydrogens (tertiary/aromatic N) is 3. The van der Waals surface area contributed by atoms with Crippen LogP contribution in [-0.4, -0.2) is 40.6 Å². The van der Waals surface area contributed by atoms with Crippen LogP contribution in [0.4, 0.5) is 0 Å². The van der Waals surface area contributed by atoms with E-state index in [1.54, 1.807) is 0 Å². The smallest absolute Gasteiger partial charge is 0.122 e. The predicted octanol–water partition coefficient (Wildman–Crippen LogP) is 2.11. The van der Waals surface area contributed by atoms with Gasteiger partial charge in [-0.05, 0) is 24.8 Å². The predicted molar refractivity (Wildman–Crippen MR) is 79.1 cm³/mol. The highest BCUT2D eigenvalue weighted by atomic mass is 15.2. The molecule has 4 nitrogen and oxygen atoms in total. The highest BCUT2D eigenvalue weighted by molar-refractivity contribution is 4.96. The Morgan fingerprint density at radius 2 is 2.05 bits per heavy atom. The second kappa shape index (κ2) is 6.53. The molecule has 0 bridgehead atoms. The molecular formula is C15H28N4. The summed E-state index contributed by atoms with van der Waals surface area (Å²) in [7, 11) is 0. The molecule has 2 heterocycles. The lowest BCUT2D eigenvalue weighted by Crippen LogP contribution is -2.46. The molecule has 19 heavy (non-hydrogen) atoms. The molecule has 4 heteroatoms. The van der Waals surface area contributed by atoms with E-state index in [1.807, 2.05) is 6.20 Å². The zero-order valence-electron chi connectivity index (χ0n) is 12.7. The van der Waals surface area contributed by atoms with Crippen molar-refractivity contribution in [1.29, 1.82) is 0 Å². The summed E-state index contributed by atoms with van der Waals surface area (Å²) >= 11 is 0. The summed E-state index contributed by atoms with van der Waals surface area (Å²) in [6.07, 6.45) is 6.49. The molecule has 1 N–H and O–H groups in total. The van der Waals surface area contributed by atoms with Crippen LogP contribution in [0.25, 0.3) is 0 Å². The number of aromatic nitrogens is 2. The third kappa shape index (κ3) is 3.37. The maximum atomic E-state index is 4.46. The molecule has 0 amide bonds. The highest BCUT2D eigenvalue weighted by Gasteiger charge is 2.30. The topological polar surface area (TPSA) is 33.1 Å². The number of imidazole rings is 1. The van der Waals surface area contributed by atoms with E-state index in [2.05, 4.69) is 46.7 Å². The van der Waals surface area contributed by atoms with Crippen molar-refractivity contribution in [1.82, 2.24) is 19.8 Å². The van der Waals surface area contributed by atoms with E-state index in [0.717, 1.165) is 32.7 Å². The van der Waals surface area contributed by atoms with Crippen molar-refractivity contribution in [3.63, 3.8) is 0 Å². The van der Waals surface area contributed by atoms with Gasteiger partial charge >= 0.3 is 0 Å². The standard InChI is InChI=1S/C15H28N4/c1-4-15(5-2,12-16-6-3)13-18-9-10-19-8-7-17-14(19)11-18/h7-8,16H,4-6,9-13H2,1-3H3. The molecule has 1 aromatic rings. The van der Waals surface area contributed by atoms with Crippen molar-refractivity contribution in [2.24, 2.45) is 5.41 Å². The van der Waals surface area contributed by atoms with Gasteiger partial charge < -0.3 is 9.88 Å². The SMILES string of the molecule is CCNCC(CC)(CC)CN1CCn2ccnc2C1. The summed E-state index contributed by atoms with van der Waals surface area (Å²) in [4.78, 5) is 7.03. The van der Waals surface area contributed by atoms with Gasteiger partial charge in [-0.15, -0.1) is 0 Å². The summed E-state index contributed by atoms with van der Waals surface area (Å²) in [5, 5.41) is 3.55. The van der Waals surface area contributed by atoms with Crippen molar-refractivity contribution in [3.05, 3.63) is 18.2 Å². The van der Waals surface area contributed by atoms with Gasteiger partial charge in [0.1, 0.15) is 5.82 Å². The Morgan fingerprint density at radius 1 is 1.26 bits per heavy atom. The van der Waals surface area contributed by atoms with E-state index in [0.29, 0.717) is 5.41 Å². The van der Waals surface area contributed by atoms with Gasteiger partial charge in [-0.25, -0.2) is 4.98 Å². The highest BCUT2D eigenvalue weighted by Crippen LogP contribution is 2.28. The van der Waals surface area contributed by atoms with Gasteiger partial charge in [0, 0.05) is 38.6 Å². The maximum Gasteiger partial charge on any atom is 0.122 e. The van der Waals surface area contributed by atoms with Crippen molar-refractivity contribution < 1.29 is 0 Å². The van der Waals surface area contributed by atoms with E-state index in [-0.39, 0.29) is 0 Å². The van der Waals surface area contributed by atoms with Crippen LogP contribution in [-0.2, 0) is 13.1 Å². The first-order chi connectivity index (χ1) is 9.23. The molecule has 0 saturated heterocycles. The van der Waals surface area contributed by atoms with Gasteiger partial charge in [-0.2, -0.15) is 0 Å². The zero-order chi connectivity index (χ0) is 13.7. The fourth-order valence-corrected chi connectivity index (χ4v) is 3.00. The molecule has 0 saturated carbocycles. The van der Waals surface area contributed by atoms with Crippen LogP contribution in [0.15, 0.2) is 12.4 Å². The number of hydrogen-bond acceptors (Lipinski definition) is 3. The van der Waals surface area contributed by atoms with E-state index in [1.165, 1.54) is 25.2 Å². The van der Waals surface area contributed by atoms with Gasteiger partial charge in [0.15, 0.2) is 0 Å². The Hall–Kier alpha value is -0.870. The van der Waals surface area contributed by atoms with Gasteiger partial charge in [0.25, 0.3) is 0 Å². The Bertz CT molecular complexity index is 381. The van der Waals surface area contributed by atoms with Gasteiger partial charge in [0.2, 0.25) is 0 Å². The Morgan fingerprint density at radius 3 is 2.74 bits per heavy atom. The molecule has 0 atom stereocenters. The minimum Gasteiger partial charge on any atom is -0.333 e. The zero-order valence-corrected chi connectivity index (χ0v) is 12.7. The van der Waals surface area contributed by atoms with Gasteiger partial charge in [0.05, 0.1) is 6.54 Å². The molecule has 1 aliphatic rings. The van der Waals surface area contributed by atoms with Crippen LogP contribution < -0.4 is 5.32 Å². The Kier molecular flexibility index (Phi) is 4.99. The lowest BCUT2D eigenvalue weighted by atomic mass is 9.81. The van der Waals surface area contributed by atoms with E-state index in [9.17, 15) is 0 Å². The minimum atomic E-state index is 0.408. The van der Waals surface area contributed by atoms with Crippen molar-refractivity contribution in [2.75, 3.05) is 26.2 Å². The molecule has 108 valence electrons. The van der Waals surface area contributed by atoms with Crippen LogP contribution in [0.3, 0.4) is 0 Å². The quantitative estimate of drug-likeness (QED) is 0.819. The Labute approximate surface area is 117 Å². The normalized spacial score (nSPS) is 16.6. The number of fused-ring (bicyclic) bond motifs is 1. The van der Waals surface area contributed by atoms with E-state index >= 15 is 0 Å². The first-order valence-electron chi connectivity index (χ1n) is 7.66. The van der Waals surface area contributed by atoms with Crippen LogP contribution in [0.1, 0.15) is 39.4 Å². The lowest BCUT2D eigenvalue weighted by Gasteiger charge is -2.39. The molecule has 0 spiro atoms. The third-order valence-electron chi connectivity index (χ3n) is 4.63. The van der Waals surface area contributed by atoms with Crippen LogP contribution in [0, 0.1) is 5.41 Å². The van der Waals surface area contributed by atoms with Crippen molar-refractivity contribution in [3.8, 4) is 0 Å². The molecule has 0 fully saturated rings. The largest absolute Gasteiger partial charge is 0.333 e. The number of nitrogens with one attached hydrogen (secondary N) is 1. The summed E-state index contributed by atoms with van der Waals surface area (Å²) in [5.41, 5.74) is 0.408. The minimum absolute atomic E-state index is 0.408. The molecule has 2 rings (SSSR count). The molecule has 0 aromatic carbocycles. The van der Waals surface area contributed by atoms with E-state index < -0.39 is 0 Å². The van der Waals surface area contributed by atoms with Crippen LogP contribution >= 0.6 is 0 Å². The lowest BCUT2D eigenvalue weighted by molar-refractivity contribution is 0.111. The van der Waals surface area contributed by atoms with Gasteiger partial charge in [-0.1, -0.05) is 20.8 Å². The summed E-state index contributed by atoms with van der Waals surface area (Å²) in [5.74, 6) is 1.22. The molecule has 0 aliphatic carbocycles. The Balaban J connectivity index is 1.98. The number of hydrogen-bond donors (Lipinski definition) is 1. The second-order valence-corrected chi connectivity index (χ2v) is 5.73. The van der Waals surface area contributed by atoms with E-state index in [4.69, 9.17) is 0 Å². The van der Waals surface area contributed by atoms with Crippen LogP contribution in [0.5, 0.6) is 0 Å². The average Bonchev–Trinajstić information content (AvgIpc) is 2.91. The molecule has 0 unspecified atom stereocenters. The van der Waals surface area contributed by atoms with Crippen molar-refractivity contribution in [2.45, 2.75) is 46.7 Å². The molecule has 1 aromatic heterocycles. The monoisotopic (exact) mass is 264 g/mol. The summed E-state index contributed by atoms with van der Waals surface area (Å²) in [6.45, 7) is 13.4. The molecular weight excluding hydrogens is 236 g/mol. The fourth-order valence-electron chi connectivity index (χ4n) is 3.00. The summed E-state index contributed by atoms with van der Waals surface area (Å²) < 4.78 is 2.28.